The summed E-state index contributed by atoms with van der Waals surface area (Å²) in [5, 5.41) is 9.63. The first-order valence-corrected chi connectivity index (χ1v) is 6.12. The molecule has 1 N–H and O–H groups in total. The predicted molar refractivity (Wildman–Crippen MR) is 72.7 cm³/mol. The Morgan fingerprint density at radius 2 is 1.79 bits per heavy atom. The smallest absolute Gasteiger partial charge is 0.337 e. The molecule has 0 fully saturated rings. The van der Waals surface area contributed by atoms with Crippen molar-refractivity contribution in [2.45, 2.75) is 0 Å². The summed E-state index contributed by atoms with van der Waals surface area (Å²) in [6.07, 6.45) is 1.18. The number of pyridine rings is 1. The number of ether oxygens (including phenoxy) is 1. The molecule has 0 atom stereocenters. The number of aromatic nitrogens is 1. The van der Waals surface area contributed by atoms with Gasteiger partial charge in [-0.1, -0.05) is 34.8 Å². The van der Waals surface area contributed by atoms with Gasteiger partial charge in [0.25, 0.3) is 0 Å². The van der Waals surface area contributed by atoms with Crippen LogP contribution in [0.15, 0.2) is 30.5 Å². The van der Waals surface area contributed by atoms with E-state index < -0.39 is 5.97 Å². The zero-order chi connectivity index (χ0) is 14.0. The Balaban J connectivity index is 2.26. The standard InChI is InChI=1S/C12H6Cl3NO3/c13-7-3-9(15)10(4-8(7)14)19-11-2-1-6(5-16-11)12(17)18/h1-5H,(H,17,18). The average Bonchev–Trinajstić information content (AvgIpc) is 2.36. The first kappa shape index (κ1) is 13.9. The van der Waals surface area contributed by atoms with Crippen LogP contribution >= 0.6 is 34.8 Å². The van der Waals surface area contributed by atoms with E-state index >= 15 is 0 Å². The molecule has 0 saturated heterocycles. The number of benzene rings is 1. The molecule has 4 nitrogen and oxygen atoms in total. The molecule has 0 saturated carbocycles. The number of aromatic carboxylic acids is 1. The molecule has 98 valence electrons. The molecule has 0 spiro atoms. The first-order chi connectivity index (χ1) is 8.97. The Kier molecular flexibility index (Phi) is 4.14. The normalized spacial score (nSPS) is 10.3. The number of carboxylic acids is 1. The van der Waals surface area contributed by atoms with Crippen molar-refractivity contribution < 1.29 is 14.6 Å². The Bertz CT molecular complexity index is 629. The molecule has 1 aromatic heterocycles. The van der Waals surface area contributed by atoms with Crippen molar-refractivity contribution >= 4 is 40.8 Å². The summed E-state index contributed by atoms with van der Waals surface area (Å²) in [7, 11) is 0. The van der Waals surface area contributed by atoms with E-state index in [1.807, 2.05) is 0 Å². The SMILES string of the molecule is O=C(O)c1ccc(Oc2cc(Cl)c(Cl)cc2Cl)nc1. The van der Waals surface area contributed by atoms with Crippen molar-refractivity contribution in [1.82, 2.24) is 4.98 Å². The van der Waals surface area contributed by atoms with Crippen molar-refractivity contribution in [1.29, 1.82) is 0 Å². The summed E-state index contributed by atoms with van der Waals surface area (Å²) < 4.78 is 5.40. The topological polar surface area (TPSA) is 59.4 Å². The van der Waals surface area contributed by atoms with Crippen molar-refractivity contribution in [3.05, 3.63) is 51.1 Å². The van der Waals surface area contributed by atoms with Gasteiger partial charge in [0.2, 0.25) is 5.88 Å². The van der Waals surface area contributed by atoms with Crippen LogP contribution in [0, 0.1) is 0 Å². The van der Waals surface area contributed by atoms with Crippen molar-refractivity contribution in [3.8, 4) is 11.6 Å². The Labute approximate surface area is 123 Å². The fourth-order valence-electron chi connectivity index (χ4n) is 1.26. The zero-order valence-corrected chi connectivity index (χ0v) is 11.5. The lowest BCUT2D eigenvalue weighted by atomic mass is 10.3. The zero-order valence-electron chi connectivity index (χ0n) is 9.23. The second kappa shape index (κ2) is 5.65. The van der Waals surface area contributed by atoms with Gasteiger partial charge in [-0.15, -0.1) is 0 Å². The third-order valence-electron chi connectivity index (χ3n) is 2.17. The van der Waals surface area contributed by atoms with Gasteiger partial charge in [0.05, 0.1) is 20.6 Å². The van der Waals surface area contributed by atoms with Crippen molar-refractivity contribution in [2.75, 3.05) is 0 Å². The molecule has 0 aliphatic rings. The summed E-state index contributed by atoms with van der Waals surface area (Å²) >= 11 is 17.6. The molecule has 2 aromatic rings. The van der Waals surface area contributed by atoms with Gasteiger partial charge in [0.15, 0.2) is 0 Å². The molecule has 0 radical (unpaired) electrons. The maximum absolute atomic E-state index is 10.7. The van der Waals surface area contributed by atoms with Crippen LogP contribution in [0.25, 0.3) is 0 Å². The lowest BCUT2D eigenvalue weighted by molar-refractivity contribution is 0.0696. The molecule has 1 aromatic carbocycles. The number of carbonyl (C=O) groups is 1. The lowest BCUT2D eigenvalue weighted by Gasteiger charge is -2.08. The molecular formula is C12H6Cl3NO3. The van der Waals surface area contributed by atoms with Crippen LogP contribution in [-0.4, -0.2) is 16.1 Å². The molecule has 0 amide bonds. The van der Waals surface area contributed by atoms with E-state index in [2.05, 4.69) is 4.98 Å². The van der Waals surface area contributed by atoms with Gasteiger partial charge in [0.1, 0.15) is 5.75 Å². The number of hydrogen-bond donors (Lipinski definition) is 1. The number of halogens is 3. The average molecular weight is 319 g/mol. The summed E-state index contributed by atoms with van der Waals surface area (Å²) in [5.74, 6) is -0.580. The van der Waals surface area contributed by atoms with Gasteiger partial charge in [-0.05, 0) is 12.1 Å². The van der Waals surface area contributed by atoms with E-state index in [0.29, 0.717) is 10.0 Å². The second-order valence-electron chi connectivity index (χ2n) is 3.49. The highest BCUT2D eigenvalue weighted by Crippen LogP contribution is 2.35. The van der Waals surface area contributed by atoms with Gasteiger partial charge in [-0.3, -0.25) is 0 Å². The molecule has 19 heavy (non-hydrogen) atoms. The van der Waals surface area contributed by atoms with Crippen LogP contribution in [0.1, 0.15) is 10.4 Å². The van der Waals surface area contributed by atoms with Gasteiger partial charge < -0.3 is 9.84 Å². The fourth-order valence-corrected chi connectivity index (χ4v) is 1.84. The molecule has 0 aliphatic heterocycles. The third-order valence-corrected chi connectivity index (χ3v) is 3.19. The third kappa shape index (κ3) is 3.29. The van der Waals surface area contributed by atoms with Gasteiger partial charge >= 0.3 is 5.97 Å². The highest BCUT2D eigenvalue weighted by atomic mass is 35.5. The largest absolute Gasteiger partial charge is 0.478 e. The minimum atomic E-state index is -1.06. The quantitative estimate of drug-likeness (QED) is 0.844. The highest BCUT2D eigenvalue weighted by molar-refractivity contribution is 6.43. The van der Waals surface area contributed by atoms with Crippen LogP contribution in [0.2, 0.25) is 15.1 Å². The van der Waals surface area contributed by atoms with Crippen LogP contribution in [0.4, 0.5) is 0 Å². The van der Waals surface area contributed by atoms with Gasteiger partial charge in [0, 0.05) is 18.3 Å². The molecular weight excluding hydrogens is 312 g/mol. The lowest BCUT2D eigenvalue weighted by Crippen LogP contribution is -1.97. The van der Waals surface area contributed by atoms with Gasteiger partial charge in [-0.25, -0.2) is 9.78 Å². The molecule has 0 unspecified atom stereocenters. The van der Waals surface area contributed by atoms with Crippen LogP contribution in [0.5, 0.6) is 11.6 Å². The summed E-state index contributed by atoms with van der Waals surface area (Å²) in [6.45, 7) is 0. The Morgan fingerprint density at radius 3 is 2.37 bits per heavy atom. The highest BCUT2D eigenvalue weighted by Gasteiger charge is 2.09. The van der Waals surface area contributed by atoms with E-state index in [0.717, 1.165) is 0 Å². The number of carboxylic acid groups (broad SMARTS) is 1. The van der Waals surface area contributed by atoms with E-state index in [1.54, 1.807) is 0 Å². The van der Waals surface area contributed by atoms with Crippen molar-refractivity contribution in [2.24, 2.45) is 0 Å². The molecule has 2 rings (SSSR count). The van der Waals surface area contributed by atoms with Gasteiger partial charge in [-0.2, -0.15) is 0 Å². The van der Waals surface area contributed by atoms with Crippen molar-refractivity contribution in [3.63, 3.8) is 0 Å². The minimum Gasteiger partial charge on any atom is -0.478 e. The maximum Gasteiger partial charge on any atom is 0.337 e. The van der Waals surface area contributed by atoms with Crippen LogP contribution in [-0.2, 0) is 0 Å². The predicted octanol–water partition coefficient (Wildman–Crippen LogP) is 4.53. The molecule has 7 heteroatoms. The Morgan fingerprint density at radius 1 is 1.11 bits per heavy atom. The number of nitrogens with zero attached hydrogens (tertiary/aromatic N) is 1. The second-order valence-corrected chi connectivity index (χ2v) is 4.71. The molecule has 1 heterocycles. The summed E-state index contributed by atoms with van der Waals surface area (Å²) in [6, 6.07) is 5.70. The fraction of sp³-hybridized carbons (Fsp3) is 0. The van der Waals surface area contributed by atoms with E-state index in [-0.39, 0.29) is 22.2 Å². The monoisotopic (exact) mass is 317 g/mol. The van der Waals surface area contributed by atoms with E-state index in [1.165, 1.54) is 30.5 Å². The first-order valence-electron chi connectivity index (χ1n) is 4.99. The van der Waals surface area contributed by atoms with Crippen LogP contribution < -0.4 is 4.74 Å². The maximum atomic E-state index is 10.7. The van der Waals surface area contributed by atoms with E-state index in [4.69, 9.17) is 44.6 Å². The summed E-state index contributed by atoms with van der Waals surface area (Å²) in [5.41, 5.74) is 0.0626. The Hall–Kier alpha value is -1.49. The number of hydrogen-bond acceptors (Lipinski definition) is 3. The minimum absolute atomic E-state index is 0.0626. The molecule has 0 aliphatic carbocycles. The number of rotatable bonds is 3. The summed E-state index contributed by atoms with van der Waals surface area (Å²) in [4.78, 5) is 14.5. The van der Waals surface area contributed by atoms with Crippen LogP contribution in [0.3, 0.4) is 0 Å². The molecule has 0 bridgehead atoms. The van der Waals surface area contributed by atoms with E-state index in [9.17, 15) is 4.79 Å².